The van der Waals surface area contributed by atoms with Gasteiger partial charge in [0.25, 0.3) is 0 Å². The summed E-state index contributed by atoms with van der Waals surface area (Å²) in [5.74, 6) is 1.50. The molecule has 1 aliphatic heterocycles. The van der Waals surface area contributed by atoms with Crippen molar-refractivity contribution < 1.29 is 4.39 Å². The van der Waals surface area contributed by atoms with Crippen LogP contribution in [-0.2, 0) is 6.42 Å². The summed E-state index contributed by atoms with van der Waals surface area (Å²) in [7, 11) is 0. The van der Waals surface area contributed by atoms with Gasteiger partial charge in [-0.3, -0.25) is 4.98 Å². The Bertz CT molecular complexity index is 923. The molecule has 0 bridgehead atoms. The fourth-order valence-corrected chi connectivity index (χ4v) is 3.51. The first-order chi connectivity index (χ1) is 13.7. The number of halogens is 1. The van der Waals surface area contributed by atoms with Crippen molar-refractivity contribution in [2.45, 2.75) is 32.2 Å². The van der Waals surface area contributed by atoms with Crippen molar-refractivity contribution in [3.8, 4) is 11.4 Å². The topological polar surface area (TPSA) is 53.9 Å². The van der Waals surface area contributed by atoms with Gasteiger partial charge in [0.2, 0.25) is 0 Å². The van der Waals surface area contributed by atoms with Crippen molar-refractivity contribution in [2.75, 3.05) is 23.3 Å². The molecule has 3 heterocycles. The zero-order valence-electron chi connectivity index (χ0n) is 16.0. The molecule has 0 aliphatic carbocycles. The maximum Gasteiger partial charge on any atom is 0.161 e. The molecule has 0 amide bonds. The Kier molecular flexibility index (Phi) is 5.46. The lowest BCUT2D eigenvalue weighted by Gasteiger charge is -2.34. The monoisotopic (exact) mass is 377 g/mol. The summed E-state index contributed by atoms with van der Waals surface area (Å²) in [5.41, 5.74) is 2.59. The van der Waals surface area contributed by atoms with Crippen molar-refractivity contribution in [3.05, 3.63) is 66.4 Å². The predicted octanol–water partition coefficient (Wildman–Crippen LogP) is 4.32. The van der Waals surface area contributed by atoms with Crippen LogP contribution in [0.2, 0.25) is 0 Å². The minimum atomic E-state index is -0.199. The lowest BCUT2D eigenvalue weighted by atomic mass is 10.0. The summed E-state index contributed by atoms with van der Waals surface area (Å²) < 4.78 is 13.9. The van der Waals surface area contributed by atoms with E-state index < -0.39 is 0 Å². The number of piperidine rings is 1. The number of nitrogens with zero attached hydrogens (tertiary/aromatic N) is 4. The fraction of sp³-hybridized carbons (Fsp3) is 0.318. The van der Waals surface area contributed by atoms with Crippen LogP contribution in [0, 0.1) is 5.82 Å². The normalized spacial score (nSPS) is 14.9. The number of anilines is 2. The minimum Gasteiger partial charge on any atom is -0.380 e. The number of benzene rings is 1. The molecule has 28 heavy (non-hydrogen) atoms. The van der Waals surface area contributed by atoms with Crippen LogP contribution in [0.3, 0.4) is 0 Å². The van der Waals surface area contributed by atoms with Crippen LogP contribution in [0.15, 0.2) is 54.9 Å². The molecule has 0 radical (unpaired) electrons. The molecule has 3 aromatic rings. The van der Waals surface area contributed by atoms with Crippen LogP contribution in [-0.4, -0.2) is 34.1 Å². The number of nitrogens with one attached hydrogen (secondary N) is 1. The summed E-state index contributed by atoms with van der Waals surface area (Å²) in [6.45, 7) is 3.86. The Morgan fingerprint density at radius 3 is 2.54 bits per heavy atom. The van der Waals surface area contributed by atoms with Gasteiger partial charge in [-0.25, -0.2) is 14.4 Å². The number of aromatic nitrogens is 3. The van der Waals surface area contributed by atoms with Crippen LogP contribution in [0.1, 0.15) is 25.5 Å². The second-order valence-electron chi connectivity index (χ2n) is 7.02. The van der Waals surface area contributed by atoms with E-state index in [4.69, 9.17) is 4.98 Å². The van der Waals surface area contributed by atoms with Crippen LogP contribution in [0.25, 0.3) is 11.4 Å². The van der Waals surface area contributed by atoms with Crippen molar-refractivity contribution in [3.63, 3.8) is 0 Å². The first kappa shape index (κ1) is 18.3. The molecule has 1 fully saturated rings. The van der Waals surface area contributed by atoms with Gasteiger partial charge < -0.3 is 10.2 Å². The Hall–Kier alpha value is -3.02. The molecular formula is C22H24FN5. The molecule has 1 aliphatic rings. The van der Waals surface area contributed by atoms with Crippen LogP contribution >= 0.6 is 0 Å². The number of pyridine rings is 1. The number of rotatable bonds is 5. The van der Waals surface area contributed by atoms with Gasteiger partial charge in [-0.2, -0.15) is 0 Å². The molecule has 0 saturated carbocycles. The Balaban J connectivity index is 1.48. The lowest BCUT2D eigenvalue weighted by molar-refractivity contribution is 0.519. The molecule has 1 aromatic carbocycles. The summed E-state index contributed by atoms with van der Waals surface area (Å²) >= 11 is 0. The summed E-state index contributed by atoms with van der Waals surface area (Å²) in [4.78, 5) is 15.9. The standard InChI is InChI=1S/C22H24FN5/c1-2-17-15-21(27-22(26-17)16-7-11-24-12-8-16)28-13-9-18(10-14-28)25-20-6-4-3-5-19(20)23/h3-8,11-12,15,18,25H,2,9-10,13-14H2,1H3. The molecule has 1 N–H and O–H groups in total. The highest BCUT2D eigenvalue weighted by Gasteiger charge is 2.22. The number of hydrogen-bond acceptors (Lipinski definition) is 5. The van der Waals surface area contributed by atoms with E-state index in [-0.39, 0.29) is 11.9 Å². The molecule has 144 valence electrons. The highest BCUT2D eigenvalue weighted by molar-refractivity contribution is 5.57. The van der Waals surface area contributed by atoms with Gasteiger partial charge in [0.05, 0.1) is 5.69 Å². The number of para-hydroxylation sites is 1. The highest BCUT2D eigenvalue weighted by atomic mass is 19.1. The summed E-state index contributed by atoms with van der Waals surface area (Å²) in [5, 5.41) is 3.34. The van der Waals surface area contributed by atoms with E-state index in [0.29, 0.717) is 5.69 Å². The van der Waals surface area contributed by atoms with Gasteiger partial charge in [0.1, 0.15) is 11.6 Å². The second kappa shape index (κ2) is 8.33. The fourth-order valence-electron chi connectivity index (χ4n) is 3.51. The van der Waals surface area contributed by atoms with Crippen molar-refractivity contribution in [1.29, 1.82) is 0 Å². The van der Waals surface area contributed by atoms with Gasteiger partial charge in [0, 0.05) is 48.8 Å². The van der Waals surface area contributed by atoms with Crippen molar-refractivity contribution in [2.24, 2.45) is 0 Å². The molecule has 0 unspecified atom stereocenters. The van der Waals surface area contributed by atoms with E-state index in [1.54, 1.807) is 24.5 Å². The van der Waals surface area contributed by atoms with E-state index in [9.17, 15) is 4.39 Å². The van der Waals surface area contributed by atoms with Crippen LogP contribution in [0.5, 0.6) is 0 Å². The third-order valence-electron chi connectivity index (χ3n) is 5.12. The smallest absolute Gasteiger partial charge is 0.161 e. The molecule has 5 nitrogen and oxygen atoms in total. The Morgan fingerprint density at radius 1 is 1.07 bits per heavy atom. The molecular weight excluding hydrogens is 353 g/mol. The maximum atomic E-state index is 13.9. The van der Waals surface area contributed by atoms with Gasteiger partial charge in [-0.05, 0) is 43.5 Å². The van der Waals surface area contributed by atoms with E-state index in [0.717, 1.165) is 55.3 Å². The number of hydrogen-bond donors (Lipinski definition) is 1. The molecule has 2 aromatic heterocycles. The third-order valence-corrected chi connectivity index (χ3v) is 5.12. The highest BCUT2D eigenvalue weighted by Crippen LogP contribution is 2.25. The van der Waals surface area contributed by atoms with E-state index in [1.807, 2.05) is 18.2 Å². The minimum absolute atomic E-state index is 0.199. The Labute approximate surface area is 164 Å². The van der Waals surface area contributed by atoms with Gasteiger partial charge in [-0.15, -0.1) is 0 Å². The molecule has 0 spiro atoms. The van der Waals surface area contributed by atoms with Crippen molar-refractivity contribution >= 4 is 11.5 Å². The molecule has 1 saturated heterocycles. The Morgan fingerprint density at radius 2 is 1.82 bits per heavy atom. The first-order valence-corrected chi connectivity index (χ1v) is 9.77. The van der Waals surface area contributed by atoms with Crippen molar-refractivity contribution in [1.82, 2.24) is 15.0 Å². The zero-order valence-corrected chi connectivity index (χ0v) is 16.0. The maximum absolute atomic E-state index is 13.9. The predicted molar refractivity (Wildman–Crippen MR) is 110 cm³/mol. The summed E-state index contributed by atoms with van der Waals surface area (Å²) in [6, 6.07) is 13.1. The zero-order chi connectivity index (χ0) is 19.3. The lowest BCUT2D eigenvalue weighted by Crippen LogP contribution is -2.39. The van der Waals surface area contributed by atoms with E-state index in [1.165, 1.54) is 6.07 Å². The first-order valence-electron chi connectivity index (χ1n) is 9.77. The SMILES string of the molecule is CCc1cc(N2CCC(Nc3ccccc3F)CC2)nc(-c2ccncc2)n1. The third kappa shape index (κ3) is 4.11. The number of aryl methyl sites for hydroxylation is 1. The van der Waals surface area contributed by atoms with E-state index >= 15 is 0 Å². The average molecular weight is 377 g/mol. The molecule has 6 heteroatoms. The van der Waals surface area contributed by atoms with Gasteiger partial charge in [0.15, 0.2) is 5.82 Å². The average Bonchev–Trinajstić information content (AvgIpc) is 2.76. The quantitative estimate of drug-likeness (QED) is 0.718. The van der Waals surface area contributed by atoms with Gasteiger partial charge in [-0.1, -0.05) is 19.1 Å². The largest absolute Gasteiger partial charge is 0.380 e. The summed E-state index contributed by atoms with van der Waals surface area (Å²) in [6.07, 6.45) is 6.25. The molecule has 4 rings (SSSR count). The molecule has 0 atom stereocenters. The van der Waals surface area contributed by atoms with E-state index in [2.05, 4.69) is 33.2 Å². The van der Waals surface area contributed by atoms with Gasteiger partial charge >= 0.3 is 0 Å². The van der Waals surface area contributed by atoms with Crippen LogP contribution < -0.4 is 10.2 Å². The van der Waals surface area contributed by atoms with Crippen LogP contribution in [0.4, 0.5) is 15.9 Å². The second-order valence-corrected chi connectivity index (χ2v) is 7.02.